The zero-order valence-corrected chi connectivity index (χ0v) is 19.7. The second-order valence-corrected chi connectivity index (χ2v) is 9.15. The van der Waals surface area contributed by atoms with Crippen molar-refractivity contribution in [2.24, 2.45) is 11.3 Å². The Morgan fingerprint density at radius 2 is 1.50 bits per heavy atom. The number of carbonyl (C=O) groups excluding carboxylic acids is 2. The molecule has 0 saturated carbocycles. The Hall–Kier alpha value is -0.880. The van der Waals surface area contributed by atoms with Gasteiger partial charge in [0.05, 0.1) is 13.2 Å². The molecule has 0 atom stereocenters. The number of thioether (sulfide) groups is 1. The number of hydrogen-bond donors (Lipinski definition) is 1. The van der Waals surface area contributed by atoms with Crippen molar-refractivity contribution in [1.82, 2.24) is 0 Å². The summed E-state index contributed by atoms with van der Waals surface area (Å²) in [5.41, 5.74) is 0.401. The lowest BCUT2D eigenvalue weighted by molar-refractivity contribution is -0.139. The summed E-state index contributed by atoms with van der Waals surface area (Å²) in [5.74, 6) is 1.09. The molecule has 6 heteroatoms. The van der Waals surface area contributed by atoms with Gasteiger partial charge >= 0.3 is 11.9 Å². The first kappa shape index (κ1) is 27.1. The molecule has 0 heterocycles. The highest BCUT2D eigenvalue weighted by molar-refractivity contribution is 8.02. The third-order valence-corrected chi connectivity index (χ3v) is 5.94. The molecule has 0 aromatic carbocycles. The summed E-state index contributed by atoms with van der Waals surface area (Å²) in [7, 11) is 0. The molecule has 0 spiro atoms. The first-order valence-electron chi connectivity index (χ1n) is 10.2. The van der Waals surface area contributed by atoms with Gasteiger partial charge in [-0.3, -0.25) is 0 Å². The summed E-state index contributed by atoms with van der Waals surface area (Å²) < 4.78 is 10.1. The Balaban J connectivity index is 3.51. The molecule has 162 valence electrons. The van der Waals surface area contributed by atoms with E-state index >= 15 is 0 Å². The zero-order valence-electron chi connectivity index (χ0n) is 17.9. The smallest absolute Gasteiger partial charge is 0.331 e. The van der Waals surface area contributed by atoms with Crippen molar-refractivity contribution in [3.63, 3.8) is 0 Å². The van der Waals surface area contributed by atoms with Gasteiger partial charge in [-0.15, -0.1) is 11.8 Å². The van der Waals surface area contributed by atoms with Crippen LogP contribution in [0.3, 0.4) is 0 Å². The van der Waals surface area contributed by atoms with E-state index < -0.39 is 0 Å². The van der Waals surface area contributed by atoms with E-state index in [-0.39, 0.29) is 11.9 Å². The molecule has 0 aliphatic rings. The Labute approximate surface area is 181 Å². The molecule has 0 unspecified atom stereocenters. The van der Waals surface area contributed by atoms with Crippen LogP contribution in [-0.2, 0) is 19.1 Å². The molecular formula is C22H38O4S2. The average Bonchev–Trinajstić information content (AvgIpc) is 2.63. The van der Waals surface area contributed by atoms with Crippen molar-refractivity contribution < 1.29 is 19.1 Å². The zero-order chi connectivity index (χ0) is 21.3. The van der Waals surface area contributed by atoms with E-state index in [1.54, 1.807) is 11.8 Å². The summed E-state index contributed by atoms with van der Waals surface area (Å²) in [5, 5.41) is 3.20. The van der Waals surface area contributed by atoms with Crippen molar-refractivity contribution in [3.8, 4) is 0 Å². The molecule has 0 bridgehead atoms. The Kier molecular flexibility index (Phi) is 16.5. The quantitative estimate of drug-likeness (QED) is 0.137. The maximum atomic E-state index is 11.6. The van der Waals surface area contributed by atoms with Crippen LogP contribution in [0.1, 0.15) is 72.6 Å². The Morgan fingerprint density at radius 1 is 0.929 bits per heavy atom. The molecule has 0 aliphatic carbocycles. The van der Waals surface area contributed by atoms with Gasteiger partial charge < -0.3 is 9.47 Å². The molecule has 0 aliphatic heterocycles. The van der Waals surface area contributed by atoms with Crippen LogP contribution in [-0.4, -0.2) is 30.9 Å². The van der Waals surface area contributed by atoms with Crippen LogP contribution in [0.25, 0.3) is 0 Å². The normalized spacial score (nSPS) is 12.2. The average molecular weight is 431 g/mol. The van der Waals surface area contributed by atoms with E-state index in [2.05, 4.69) is 40.3 Å². The van der Waals surface area contributed by atoms with E-state index in [0.717, 1.165) is 31.4 Å². The van der Waals surface area contributed by atoms with Crippen LogP contribution in [0.4, 0.5) is 0 Å². The van der Waals surface area contributed by atoms with Gasteiger partial charge in [-0.25, -0.2) is 9.59 Å². The molecule has 4 nitrogen and oxygen atoms in total. The van der Waals surface area contributed by atoms with Crippen LogP contribution in [0.15, 0.2) is 23.0 Å². The fourth-order valence-corrected chi connectivity index (χ4v) is 3.12. The van der Waals surface area contributed by atoms with E-state index in [4.69, 9.17) is 9.47 Å². The maximum absolute atomic E-state index is 11.6. The first-order valence-corrected chi connectivity index (χ1v) is 11.8. The van der Waals surface area contributed by atoms with Crippen molar-refractivity contribution in [2.75, 3.05) is 19.0 Å². The van der Waals surface area contributed by atoms with Crippen molar-refractivity contribution in [2.45, 2.75) is 72.6 Å². The van der Waals surface area contributed by atoms with Gasteiger partial charge in [-0.2, -0.15) is 12.6 Å². The standard InChI is InChI=1S/C22H38O4S2/c1-19(2)22(3,4)13-7-10-17-28-18-12-21(24)26-15-9-6-5-8-14-25-20(23)11-16-27/h11-12,16,18-19,27H,5-10,13-15,17H2,1-4H3/b16-11+,18-12+. The summed E-state index contributed by atoms with van der Waals surface area (Å²) in [6, 6.07) is 0. The predicted molar refractivity (Wildman–Crippen MR) is 123 cm³/mol. The number of hydrogen-bond acceptors (Lipinski definition) is 6. The van der Waals surface area contributed by atoms with E-state index in [1.807, 2.05) is 5.41 Å². The van der Waals surface area contributed by atoms with Gasteiger partial charge in [-0.1, -0.05) is 34.1 Å². The topological polar surface area (TPSA) is 52.6 Å². The minimum atomic E-state index is -0.368. The third kappa shape index (κ3) is 16.1. The minimum Gasteiger partial charge on any atom is -0.463 e. The van der Waals surface area contributed by atoms with E-state index in [9.17, 15) is 9.59 Å². The number of rotatable bonds is 16. The number of esters is 2. The second-order valence-electron chi connectivity index (χ2n) is 7.84. The lowest BCUT2D eigenvalue weighted by atomic mass is 9.77. The fourth-order valence-electron chi connectivity index (χ4n) is 2.29. The highest BCUT2D eigenvalue weighted by Gasteiger charge is 2.21. The van der Waals surface area contributed by atoms with Gasteiger partial charge in [0.25, 0.3) is 0 Å². The van der Waals surface area contributed by atoms with Gasteiger partial charge in [-0.05, 0) is 66.4 Å². The summed E-state index contributed by atoms with van der Waals surface area (Å²) >= 11 is 5.47. The van der Waals surface area contributed by atoms with Gasteiger partial charge in [0.2, 0.25) is 0 Å². The minimum absolute atomic E-state index is 0.277. The largest absolute Gasteiger partial charge is 0.463 e. The number of ether oxygens (including phenoxy) is 2. The van der Waals surface area contributed by atoms with Crippen molar-refractivity contribution in [3.05, 3.63) is 23.0 Å². The number of thiol groups is 1. The van der Waals surface area contributed by atoms with Crippen LogP contribution in [0, 0.1) is 11.3 Å². The maximum Gasteiger partial charge on any atom is 0.331 e. The molecule has 0 N–H and O–H groups in total. The van der Waals surface area contributed by atoms with Crippen LogP contribution >= 0.6 is 24.4 Å². The highest BCUT2D eigenvalue weighted by Crippen LogP contribution is 2.32. The van der Waals surface area contributed by atoms with Gasteiger partial charge in [0.1, 0.15) is 0 Å². The van der Waals surface area contributed by atoms with Crippen LogP contribution < -0.4 is 0 Å². The van der Waals surface area contributed by atoms with Crippen LogP contribution in [0.2, 0.25) is 0 Å². The van der Waals surface area contributed by atoms with Crippen molar-refractivity contribution in [1.29, 1.82) is 0 Å². The third-order valence-electron chi connectivity index (χ3n) is 4.93. The number of carbonyl (C=O) groups is 2. The molecule has 0 aromatic rings. The lowest BCUT2D eigenvalue weighted by Gasteiger charge is -2.29. The predicted octanol–water partition coefficient (Wildman–Crippen LogP) is 6.18. The first-order chi connectivity index (χ1) is 13.3. The molecule has 0 saturated heterocycles. The molecule has 0 aromatic heterocycles. The van der Waals surface area contributed by atoms with E-state index in [1.165, 1.54) is 36.8 Å². The highest BCUT2D eigenvalue weighted by atomic mass is 32.2. The summed E-state index contributed by atoms with van der Waals surface area (Å²) in [6.45, 7) is 10.1. The molecule has 0 radical (unpaired) electrons. The fraction of sp³-hybridized carbons (Fsp3) is 0.727. The van der Waals surface area contributed by atoms with Crippen molar-refractivity contribution >= 4 is 36.3 Å². The SMILES string of the molecule is CC(C)C(C)(C)CCCCS/C=C/C(=O)OCCCCCCOC(=O)/C=C/S. The van der Waals surface area contributed by atoms with Gasteiger partial charge in [0, 0.05) is 12.2 Å². The molecular weight excluding hydrogens is 392 g/mol. The molecule has 28 heavy (non-hydrogen) atoms. The molecule has 0 rings (SSSR count). The monoisotopic (exact) mass is 430 g/mol. The lowest BCUT2D eigenvalue weighted by Crippen LogP contribution is -2.18. The Morgan fingerprint density at radius 3 is 2.04 bits per heavy atom. The molecule has 0 amide bonds. The Bertz CT molecular complexity index is 485. The molecule has 0 fully saturated rings. The second kappa shape index (κ2) is 17.0. The summed E-state index contributed by atoms with van der Waals surface area (Å²) in [6.07, 6.45) is 9.94. The van der Waals surface area contributed by atoms with E-state index in [0.29, 0.717) is 24.5 Å². The van der Waals surface area contributed by atoms with Crippen LogP contribution in [0.5, 0.6) is 0 Å². The number of unbranched alkanes of at least 4 members (excludes halogenated alkanes) is 4. The van der Waals surface area contributed by atoms with Gasteiger partial charge in [0.15, 0.2) is 0 Å². The summed E-state index contributed by atoms with van der Waals surface area (Å²) in [4.78, 5) is 22.7.